The van der Waals surface area contributed by atoms with Gasteiger partial charge in [0, 0.05) is 11.4 Å². The highest BCUT2D eigenvalue weighted by atomic mass is 16.5. The van der Waals surface area contributed by atoms with Crippen molar-refractivity contribution in [2.45, 2.75) is 43.4 Å². The molecule has 0 radical (unpaired) electrons. The summed E-state index contributed by atoms with van der Waals surface area (Å²) in [5, 5.41) is 8.92. The molecule has 6 nitrogen and oxygen atoms in total. The molecule has 1 aliphatic heterocycles. The van der Waals surface area contributed by atoms with Crippen LogP contribution >= 0.6 is 0 Å². The lowest BCUT2D eigenvalue weighted by atomic mass is 9.65. The molecule has 0 atom stereocenters. The summed E-state index contributed by atoms with van der Waals surface area (Å²) < 4.78 is 5.29. The Labute approximate surface area is 163 Å². The van der Waals surface area contributed by atoms with Crippen LogP contribution in [0.2, 0.25) is 0 Å². The maximum atomic E-state index is 12.7. The van der Waals surface area contributed by atoms with E-state index in [4.69, 9.17) is 4.74 Å². The zero-order valence-electron chi connectivity index (χ0n) is 15.8. The van der Waals surface area contributed by atoms with Crippen molar-refractivity contribution in [3.63, 3.8) is 0 Å². The molecule has 0 unspecified atom stereocenters. The molecule has 1 spiro atoms. The largest absolute Gasteiger partial charge is 0.495 e. The van der Waals surface area contributed by atoms with E-state index in [-0.39, 0.29) is 11.9 Å². The molecule has 6 heteroatoms. The molecule has 5 rings (SSSR count). The number of nitrogens with one attached hydrogen (secondary N) is 3. The van der Waals surface area contributed by atoms with Gasteiger partial charge in [0.15, 0.2) is 0 Å². The number of amides is 3. The van der Waals surface area contributed by atoms with Gasteiger partial charge in [-0.3, -0.25) is 4.79 Å². The minimum absolute atomic E-state index is 0.117. The van der Waals surface area contributed by atoms with E-state index >= 15 is 0 Å². The number of para-hydroxylation sites is 2. The highest BCUT2D eigenvalue weighted by molar-refractivity contribution is 6.09. The lowest BCUT2D eigenvalue weighted by Gasteiger charge is -2.36. The van der Waals surface area contributed by atoms with Gasteiger partial charge in [-0.1, -0.05) is 18.6 Å². The van der Waals surface area contributed by atoms with Crippen molar-refractivity contribution in [1.82, 2.24) is 0 Å². The molecule has 2 fully saturated rings. The summed E-state index contributed by atoms with van der Waals surface area (Å²) >= 11 is 0. The topological polar surface area (TPSA) is 79.5 Å². The Hall–Kier alpha value is -3.02. The van der Waals surface area contributed by atoms with E-state index < -0.39 is 5.41 Å². The predicted molar refractivity (Wildman–Crippen MR) is 108 cm³/mol. The molecule has 2 saturated carbocycles. The van der Waals surface area contributed by atoms with Crippen molar-refractivity contribution in [3.05, 3.63) is 47.5 Å². The second-order valence-corrected chi connectivity index (χ2v) is 7.93. The molecule has 0 saturated heterocycles. The number of anilines is 3. The lowest BCUT2D eigenvalue weighted by Crippen LogP contribution is -2.40. The Morgan fingerprint density at radius 2 is 1.96 bits per heavy atom. The molecule has 3 amide bonds. The van der Waals surface area contributed by atoms with E-state index in [0.29, 0.717) is 17.4 Å². The first-order valence-electron chi connectivity index (χ1n) is 9.81. The number of methoxy groups -OCH3 is 1. The van der Waals surface area contributed by atoms with Crippen LogP contribution in [-0.2, 0) is 10.2 Å². The second-order valence-electron chi connectivity index (χ2n) is 7.93. The fourth-order valence-electron chi connectivity index (χ4n) is 4.38. The minimum Gasteiger partial charge on any atom is -0.495 e. The molecule has 28 heavy (non-hydrogen) atoms. The SMILES string of the molecule is COc1ccccc1NC(=O)Nc1cc(C2CC2)c2c(c1)C1(CCC1)C(=O)N2. The summed E-state index contributed by atoms with van der Waals surface area (Å²) in [6.07, 6.45) is 5.09. The van der Waals surface area contributed by atoms with Gasteiger partial charge in [-0.2, -0.15) is 0 Å². The number of fused-ring (bicyclic) bond motifs is 2. The van der Waals surface area contributed by atoms with Crippen LogP contribution in [0.25, 0.3) is 0 Å². The van der Waals surface area contributed by atoms with Crippen molar-refractivity contribution in [2.75, 3.05) is 23.1 Å². The standard InChI is InChI=1S/C22H23N3O3/c1-28-18-6-3-2-5-17(18)24-21(27)23-14-11-15(13-7-8-13)19-16(12-14)22(9-4-10-22)20(26)25-19/h2-3,5-6,11-13H,4,7-10H2,1H3,(H,25,26)(H2,23,24,27). The number of hydrogen-bond acceptors (Lipinski definition) is 3. The average molecular weight is 377 g/mol. The van der Waals surface area contributed by atoms with Gasteiger partial charge in [-0.25, -0.2) is 4.79 Å². The molecule has 3 aliphatic rings. The molecule has 2 aromatic rings. The van der Waals surface area contributed by atoms with Gasteiger partial charge in [0.1, 0.15) is 5.75 Å². The fourth-order valence-corrected chi connectivity index (χ4v) is 4.38. The number of rotatable bonds is 4. The first-order valence-corrected chi connectivity index (χ1v) is 9.81. The van der Waals surface area contributed by atoms with Crippen LogP contribution in [0.3, 0.4) is 0 Å². The van der Waals surface area contributed by atoms with E-state index in [1.807, 2.05) is 24.3 Å². The molecule has 0 bridgehead atoms. The summed E-state index contributed by atoms with van der Waals surface area (Å²) in [7, 11) is 1.57. The van der Waals surface area contributed by atoms with Gasteiger partial charge >= 0.3 is 6.03 Å². The summed E-state index contributed by atoms with van der Waals surface area (Å²) in [6.45, 7) is 0. The Morgan fingerprint density at radius 1 is 1.18 bits per heavy atom. The van der Waals surface area contributed by atoms with Crippen molar-refractivity contribution < 1.29 is 14.3 Å². The van der Waals surface area contributed by atoms with Gasteiger partial charge in [-0.15, -0.1) is 0 Å². The van der Waals surface area contributed by atoms with Gasteiger partial charge < -0.3 is 20.7 Å². The van der Waals surface area contributed by atoms with Gasteiger partial charge in [0.05, 0.1) is 18.2 Å². The molecule has 1 heterocycles. The van der Waals surface area contributed by atoms with Crippen molar-refractivity contribution in [2.24, 2.45) is 0 Å². The number of hydrogen-bond donors (Lipinski definition) is 3. The van der Waals surface area contributed by atoms with Gasteiger partial charge in [0.25, 0.3) is 0 Å². The summed E-state index contributed by atoms with van der Waals surface area (Å²) in [6, 6.07) is 10.9. The smallest absolute Gasteiger partial charge is 0.323 e. The summed E-state index contributed by atoms with van der Waals surface area (Å²) in [5.41, 5.74) is 4.15. The molecule has 2 aliphatic carbocycles. The third-order valence-corrected chi connectivity index (χ3v) is 6.19. The first-order chi connectivity index (χ1) is 13.6. The van der Waals surface area contributed by atoms with E-state index in [2.05, 4.69) is 16.0 Å². The second kappa shape index (κ2) is 6.26. The van der Waals surface area contributed by atoms with Crippen molar-refractivity contribution >= 4 is 29.0 Å². The molecule has 3 N–H and O–H groups in total. The van der Waals surface area contributed by atoms with Gasteiger partial charge in [0.2, 0.25) is 5.91 Å². The third-order valence-electron chi connectivity index (χ3n) is 6.19. The summed E-state index contributed by atoms with van der Waals surface area (Å²) in [4.78, 5) is 25.2. The van der Waals surface area contributed by atoms with Crippen LogP contribution in [0.1, 0.15) is 49.1 Å². The van der Waals surface area contributed by atoms with Gasteiger partial charge in [-0.05, 0) is 67.0 Å². The maximum Gasteiger partial charge on any atom is 0.323 e. The van der Waals surface area contributed by atoms with E-state index in [1.165, 1.54) is 0 Å². The van der Waals surface area contributed by atoms with Crippen LogP contribution in [-0.4, -0.2) is 19.0 Å². The molecule has 0 aromatic heterocycles. The monoisotopic (exact) mass is 377 g/mol. The lowest BCUT2D eigenvalue weighted by molar-refractivity contribution is -0.123. The van der Waals surface area contributed by atoms with E-state index in [1.54, 1.807) is 19.2 Å². The first kappa shape index (κ1) is 17.1. The Balaban J connectivity index is 1.44. The van der Waals surface area contributed by atoms with Crippen LogP contribution < -0.4 is 20.7 Å². The maximum absolute atomic E-state index is 12.7. The number of urea groups is 1. The molecular weight excluding hydrogens is 354 g/mol. The van der Waals surface area contributed by atoms with E-state index in [0.717, 1.165) is 54.6 Å². The third kappa shape index (κ3) is 2.63. The number of benzene rings is 2. The van der Waals surface area contributed by atoms with Crippen molar-refractivity contribution in [3.8, 4) is 5.75 Å². The highest BCUT2D eigenvalue weighted by Crippen LogP contribution is 2.56. The Kier molecular flexibility index (Phi) is 3.82. The number of carbonyl (C=O) groups excluding carboxylic acids is 2. The van der Waals surface area contributed by atoms with Crippen molar-refractivity contribution in [1.29, 1.82) is 0 Å². The highest BCUT2D eigenvalue weighted by Gasteiger charge is 2.52. The number of carbonyl (C=O) groups is 2. The zero-order valence-corrected chi connectivity index (χ0v) is 15.8. The van der Waals surface area contributed by atoms with Crippen LogP contribution in [0, 0.1) is 0 Å². The predicted octanol–water partition coefficient (Wildman–Crippen LogP) is 4.59. The van der Waals surface area contributed by atoms with E-state index in [9.17, 15) is 9.59 Å². The average Bonchev–Trinajstić information content (AvgIpc) is 3.43. The normalized spacial score (nSPS) is 18.8. The summed E-state index contributed by atoms with van der Waals surface area (Å²) in [5.74, 6) is 1.20. The van der Waals surface area contributed by atoms with Crippen LogP contribution in [0.4, 0.5) is 21.9 Å². The van der Waals surface area contributed by atoms with Crippen LogP contribution in [0.5, 0.6) is 5.75 Å². The molecular formula is C22H23N3O3. The number of ether oxygens (including phenoxy) is 1. The molecule has 144 valence electrons. The van der Waals surface area contributed by atoms with Crippen LogP contribution in [0.15, 0.2) is 36.4 Å². The molecule has 2 aromatic carbocycles. The Bertz CT molecular complexity index is 977. The minimum atomic E-state index is -0.393. The quantitative estimate of drug-likeness (QED) is 0.729. The fraction of sp³-hybridized carbons (Fsp3) is 0.364. The Morgan fingerprint density at radius 3 is 2.64 bits per heavy atom. The zero-order chi connectivity index (χ0) is 19.3.